The summed E-state index contributed by atoms with van der Waals surface area (Å²) in [6, 6.07) is 17.2. The molecule has 1 fully saturated rings. The molecule has 3 heterocycles. The van der Waals surface area contributed by atoms with Gasteiger partial charge >= 0.3 is 0 Å². The number of aromatic amines is 1. The maximum atomic E-state index is 13.0. The van der Waals surface area contributed by atoms with Crippen molar-refractivity contribution in [3.05, 3.63) is 71.5 Å². The minimum absolute atomic E-state index is 0.0484. The Balaban J connectivity index is 1.34. The van der Waals surface area contributed by atoms with Crippen molar-refractivity contribution in [1.82, 2.24) is 24.8 Å². The van der Waals surface area contributed by atoms with Crippen LogP contribution in [0, 0.1) is 0 Å². The number of nitrogens with zero attached hydrogens (tertiary/aromatic N) is 4. The summed E-state index contributed by atoms with van der Waals surface area (Å²) in [6.07, 6.45) is 1.71. The number of nitrogens with one attached hydrogen (secondary N) is 2. The first-order valence-electron chi connectivity index (χ1n) is 11.1. The number of likely N-dealkylation sites (N-methyl/N-ethyl adjacent to an activating group) is 1. The Bertz CT molecular complexity index is 1300. The predicted molar refractivity (Wildman–Crippen MR) is 132 cm³/mol. The van der Waals surface area contributed by atoms with Gasteiger partial charge < -0.3 is 20.1 Å². The zero-order valence-corrected chi connectivity index (χ0v) is 19.1. The van der Waals surface area contributed by atoms with Gasteiger partial charge in [-0.1, -0.05) is 36.7 Å². The number of piperazine rings is 1. The van der Waals surface area contributed by atoms with Crippen LogP contribution in [0.15, 0.2) is 60.8 Å². The summed E-state index contributed by atoms with van der Waals surface area (Å²) in [5.74, 6) is 0.527. The van der Waals surface area contributed by atoms with Crippen LogP contribution in [-0.4, -0.2) is 63.4 Å². The molecule has 0 atom stereocenters. The number of fused-ring (bicyclic) bond motifs is 1. The number of benzene rings is 2. The normalized spacial score (nSPS) is 14.5. The van der Waals surface area contributed by atoms with Crippen LogP contribution in [0.2, 0.25) is 5.02 Å². The Kier molecular flexibility index (Phi) is 5.98. The minimum atomic E-state index is 0.0484. The van der Waals surface area contributed by atoms with Crippen LogP contribution in [0.4, 0.5) is 11.6 Å². The van der Waals surface area contributed by atoms with Gasteiger partial charge in [-0.2, -0.15) is 0 Å². The van der Waals surface area contributed by atoms with Crippen LogP contribution in [0.3, 0.4) is 0 Å². The molecule has 2 aromatic heterocycles. The maximum absolute atomic E-state index is 13.0. The molecule has 4 aromatic rings. The molecule has 1 aliphatic rings. The van der Waals surface area contributed by atoms with Crippen LogP contribution in [-0.2, 0) is 0 Å². The van der Waals surface area contributed by atoms with Crippen LogP contribution in [0.5, 0.6) is 0 Å². The predicted octanol–water partition coefficient (Wildman–Crippen LogP) is 4.80. The van der Waals surface area contributed by atoms with E-state index in [0.717, 1.165) is 60.6 Å². The number of H-pyrrole nitrogens is 1. The van der Waals surface area contributed by atoms with Gasteiger partial charge in [-0.25, -0.2) is 9.97 Å². The maximum Gasteiger partial charge on any atom is 0.270 e. The van der Waals surface area contributed by atoms with Crippen molar-refractivity contribution in [3.8, 4) is 11.3 Å². The Labute approximate surface area is 197 Å². The highest BCUT2D eigenvalue weighted by Gasteiger charge is 2.22. The van der Waals surface area contributed by atoms with E-state index in [9.17, 15) is 4.79 Å². The van der Waals surface area contributed by atoms with Crippen molar-refractivity contribution in [2.24, 2.45) is 0 Å². The molecule has 1 aliphatic heterocycles. The highest BCUT2D eigenvalue weighted by molar-refractivity contribution is 6.33. The lowest BCUT2D eigenvalue weighted by molar-refractivity contribution is 0.0638. The number of rotatable bonds is 5. The molecule has 168 valence electrons. The first-order chi connectivity index (χ1) is 16.1. The average molecular weight is 461 g/mol. The van der Waals surface area contributed by atoms with Crippen molar-refractivity contribution in [2.75, 3.05) is 38.0 Å². The number of halogens is 1. The van der Waals surface area contributed by atoms with Gasteiger partial charge in [0.1, 0.15) is 5.69 Å². The summed E-state index contributed by atoms with van der Waals surface area (Å²) in [6.45, 7) is 6.53. The van der Waals surface area contributed by atoms with Gasteiger partial charge in [0.05, 0.1) is 5.69 Å². The van der Waals surface area contributed by atoms with Gasteiger partial charge in [0.2, 0.25) is 5.95 Å². The summed E-state index contributed by atoms with van der Waals surface area (Å²) < 4.78 is 0. The third-order valence-electron chi connectivity index (χ3n) is 6.02. The first-order valence-corrected chi connectivity index (χ1v) is 11.5. The van der Waals surface area contributed by atoms with Gasteiger partial charge in [0, 0.05) is 59.6 Å². The molecule has 0 radical (unpaired) electrons. The lowest BCUT2D eigenvalue weighted by Crippen LogP contribution is -2.48. The van der Waals surface area contributed by atoms with Crippen LogP contribution >= 0.6 is 11.6 Å². The molecule has 0 saturated carbocycles. The Morgan fingerprint density at radius 3 is 2.70 bits per heavy atom. The van der Waals surface area contributed by atoms with Crippen molar-refractivity contribution >= 4 is 40.0 Å². The van der Waals surface area contributed by atoms with Gasteiger partial charge in [0.15, 0.2) is 0 Å². The molecule has 2 N–H and O–H groups in total. The molecule has 1 amide bonds. The zero-order valence-electron chi connectivity index (χ0n) is 18.4. The number of hydrogen-bond acceptors (Lipinski definition) is 5. The van der Waals surface area contributed by atoms with E-state index >= 15 is 0 Å². The second-order valence-electron chi connectivity index (χ2n) is 8.08. The molecule has 8 heteroatoms. The van der Waals surface area contributed by atoms with E-state index in [1.165, 1.54) is 0 Å². The molecule has 2 aromatic carbocycles. The molecular formula is C25H25ClN6O. The molecule has 5 rings (SSSR count). The SMILES string of the molecule is CCN1CCN(C(=O)c2cc3cc(Nc4nccc(-c5ccccc5Cl)n4)ccc3[nH]2)CC1. The number of aromatic nitrogens is 3. The molecule has 33 heavy (non-hydrogen) atoms. The fraction of sp³-hybridized carbons (Fsp3) is 0.240. The molecule has 0 spiro atoms. The van der Waals surface area contributed by atoms with Crippen molar-refractivity contribution < 1.29 is 4.79 Å². The largest absolute Gasteiger partial charge is 0.351 e. The van der Waals surface area contributed by atoms with E-state index in [1.807, 2.05) is 59.5 Å². The lowest BCUT2D eigenvalue weighted by atomic mass is 10.1. The monoisotopic (exact) mass is 460 g/mol. The van der Waals surface area contributed by atoms with Gasteiger partial charge in [-0.3, -0.25) is 4.79 Å². The highest BCUT2D eigenvalue weighted by atomic mass is 35.5. The zero-order chi connectivity index (χ0) is 22.8. The number of amides is 1. The summed E-state index contributed by atoms with van der Waals surface area (Å²) in [5.41, 5.74) is 3.98. The third kappa shape index (κ3) is 4.55. The molecule has 7 nitrogen and oxygen atoms in total. The van der Waals surface area contributed by atoms with Crippen molar-refractivity contribution in [2.45, 2.75) is 6.92 Å². The van der Waals surface area contributed by atoms with E-state index in [-0.39, 0.29) is 5.91 Å². The molecule has 1 saturated heterocycles. The Morgan fingerprint density at radius 1 is 1.09 bits per heavy atom. The highest BCUT2D eigenvalue weighted by Crippen LogP contribution is 2.27. The van der Waals surface area contributed by atoms with E-state index in [1.54, 1.807) is 6.20 Å². The molecule has 0 aliphatic carbocycles. The van der Waals surface area contributed by atoms with Gasteiger partial charge in [-0.15, -0.1) is 0 Å². The lowest BCUT2D eigenvalue weighted by Gasteiger charge is -2.33. The molecular weight excluding hydrogens is 436 g/mol. The van der Waals surface area contributed by atoms with E-state index < -0.39 is 0 Å². The van der Waals surface area contributed by atoms with E-state index in [0.29, 0.717) is 16.7 Å². The van der Waals surface area contributed by atoms with Gasteiger partial charge in [0.25, 0.3) is 5.91 Å². The topological polar surface area (TPSA) is 77.2 Å². The van der Waals surface area contributed by atoms with Gasteiger partial charge in [-0.05, 0) is 42.9 Å². The fourth-order valence-corrected chi connectivity index (χ4v) is 4.36. The van der Waals surface area contributed by atoms with Crippen molar-refractivity contribution in [3.63, 3.8) is 0 Å². The number of carbonyl (C=O) groups is 1. The average Bonchev–Trinajstić information content (AvgIpc) is 3.27. The second-order valence-corrected chi connectivity index (χ2v) is 8.49. The smallest absolute Gasteiger partial charge is 0.270 e. The number of hydrogen-bond donors (Lipinski definition) is 2. The fourth-order valence-electron chi connectivity index (χ4n) is 4.13. The first kappa shape index (κ1) is 21.4. The Hall–Kier alpha value is -3.42. The molecule has 0 bridgehead atoms. The standard InChI is InChI=1S/C25H25ClN6O/c1-2-31-11-13-32(14-12-31)24(33)23-16-17-15-18(7-8-21(17)29-23)28-25-27-10-9-22(30-25)19-5-3-4-6-20(19)26/h3-10,15-16,29H,2,11-14H2,1H3,(H,27,28,30). The third-order valence-corrected chi connectivity index (χ3v) is 6.35. The minimum Gasteiger partial charge on any atom is -0.351 e. The Morgan fingerprint density at radius 2 is 1.91 bits per heavy atom. The summed E-state index contributed by atoms with van der Waals surface area (Å²) in [4.78, 5) is 29.5. The van der Waals surface area contributed by atoms with E-state index in [4.69, 9.17) is 11.6 Å². The van der Waals surface area contributed by atoms with Crippen molar-refractivity contribution in [1.29, 1.82) is 0 Å². The van der Waals surface area contributed by atoms with Crippen LogP contribution in [0.1, 0.15) is 17.4 Å². The van der Waals surface area contributed by atoms with Crippen LogP contribution in [0.25, 0.3) is 22.2 Å². The summed E-state index contributed by atoms with van der Waals surface area (Å²) in [7, 11) is 0. The number of anilines is 2. The number of carbonyl (C=O) groups excluding carboxylic acids is 1. The van der Waals surface area contributed by atoms with E-state index in [2.05, 4.69) is 32.1 Å². The summed E-state index contributed by atoms with van der Waals surface area (Å²) in [5, 5.41) is 4.86. The second kappa shape index (κ2) is 9.21. The molecule has 0 unspecified atom stereocenters. The quantitative estimate of drug-likeness (QED) is 0.447. The van der Waals surface area contributed by atoms with Crippen LogP contribution < -0.4 is 5.32 Å². The summed E-state index contributed by atoms with van der Waals surface area (Å²) >= 11 is 6.32.